The molecule has 1 atom stereocenters. The van der Waals surface area contributed by atoms with Gasteiger partial charge in [-0.2, -0.15) is 0 Å². The van der Waals surface area contributed by atoms with Gasteiger partial charge in [-0.05, 0) is 12.8 Å². The zero-order chi connectivity index (χ0) is 28.4. The van der Waals surface area contributed by atoms with E-state index in [0.29, 0.717) is 6.04 Å². The molecular weight excluding hydrogens is 498 g/mol. The van der Waals surface area contributed by atoms with Crippen LogP contribution in [0.2, 0.25) is 6.04 Å². The van der Waals surface area contributed by atoms with Crippen molar-refractivity contribution in [3.8, 4) is 0 Å². The van der Waals surface area contributed by atoms with Crippen LogP contribution in [0.1, 0.15) is 117 Å². The van der Waals surface area contributed by atoms with Crippen LogP contribution in [0, 0.1) is 5.92 Å². The normalized spacial score (nSPS) is 13.3. The minimum absolute atomic E-state index is 0.116. The van der Waals surface area contributed by atoms with E-state index in [1.165, 1.54) is 103 Å². The van der Waals surface area contributed by atoms with Crippen molar-refractivity contribution in [2.75, 3.05) is 66.8 Å². The third kappa shape index (κ3) is 22.7. The number of nitrogens with zero attached hydrogens (tertiary/aromatic N) is 1. The summed E-state index contributed by atoms with van der Waals surface area (Å²) < 4.78 is 18.6. The quantitative estimate of drug-likeness (QED) is 0.0570. The fourth-order valence-electron chi connectivity index (χ4n) is 5.42. The lowest BCUT2D eigenvalue weighted by Crippen LogP contribution is -2.51. The first kappa shape index (κ1) is 37.9. The average molecular weight is 565 g/mol. The van der Waals surface area contributed by atoms with Crippen molar-refractivity contribution in [3.05, 3.63) is 0 Å². The van der Waals surface area contributed by atoms with E-state index in [9.17, 15) is 15.3 Å². The SMILES string of the molecule is CCCCCCCCCCCCCCCCCC[N+](C)(C)CC(C)C[Si](OCCO)(OCCO)OCCO. The second-order valence-corrected chi connectivity index (χ2v) is 14.5. The van der Waals surface area contributed by atoms with E-state index in [-0.39, 0.29) is 45.6 Å². The first-order valence-corrected chi connectivity index (χ1v) is 17.8. The minimum atomic E-state index is -3.09. The molecule has 0 spiro atoms. The van der Waals surface area contributed by atoms with Gasteiger partial charge in [0.2, 0.25) is 0 Å². The summed E-state index contributed by atoms with van der Waals surface area (Å²) in [7, 11) is 1.47. The molecule has 0 fully saturated rings. The fraction of sp³-hybridized carbons (Fsp3) is 1.00. The van der Waals surface area contributed by atoms with Crippen LogP contribution in [0.5, 0.6) is 0 Å². The van der Waals surface area contributed by atoms with Crippen molar-refractivity contribution in [3.63, 3.8) is 0 Å². The number of unbranched alkanes of at least 4 members (excludes halogenated alkanes) is 15. The number of hydrogen-bond acceptors (Lipinski definition) is 6. The molecule has 8 heteroatoms. The van der Waals surface area contributed by atoms with Crippen LogP contribution in [-0.2, 0) is 13.3 Å². The molecule has 0 heterocycles. The predicted molar refractivity (Wildman–Crippen MR) is 160 cm³/mol. The molecule has 0 saturated carbocycles. The number of aliphatic hydroxyl groups is 3. The van der Waals surface area contributed by atoms with Gasteiger partial charge in [-0.3, -0.25) is 0 Å². The molecule has 0 aliphatic rings. The maximum Gasteiger partial charge on any atom is 0.501 e. The van der Waals surface area contributed by atoms with Crippen LogP contribution in [0.25, 0.3) is 0 Å². The van der Waals surface area contributed by atoms with Gasteiger partial charge in [0.1, 0.15) is 0 Å². The van der Waals surface area contributed by atoms with Crippen molar-refractivity contribution in [2.45, 2.75) is 123 Å². The van der Waals surface area contributed by atoms with E-state index < -0.39 is 8.80 Å². The van der Waals surface area contributed by atoms with Gasteiger partial charge in [0, 0.05) is 12.0 Å². The van der Waals surface area contributed by atoms with E-state index in [1.807, 2.05) is 0 Å². The first-order valence-electron chi connectivity index (χ1n) is 15.9. The highest BCUT2D eigenvalue weighted by molar-refractivity contribution is 6.60. The van der Waals surface area contributed by atoms with Crippen LogP contribution in [0.4, 0.5) is 0 Å². The summed E-state index contributed by atoms with van der Waals surface area (Å²) in [4.78, 5) is 0. The maximum atomic E-state index is 9.25. The predicted octanol–water partition coefficient (Wildman–Crippen LogP) is 5.93. The Bertz CT molecular complexity index is 476. The Balaban J connectivity index is 4.04. The maximum absolute atomic E-state index is 9.25. The molecule has 3 N–H and O–H groups in total. The number of aliphatic hydroxyl groups excluding tert-OH is 3. The van der Waals surface area contributed by atoms with E-state index in [4.69, 9.17) is 13.3 Å². The third-order valence-electron chi connectivity index (χ3n) is 7.26. The van der Waals surface area contributed by atoms with Crippen LogP contribution in [-0.4, -0.2) is 95.4 Å². The highest BCUT2D eigenvalue weighted by atomic mass is 28.4. The van der Waals surface area contributed by atoms with Gasteiger partial charge in [0.15, 0.2) is 0 Å². The molecule has 0 aromatic rings. The Kier molecular flexibility index (Phi) is 25.8. The second kappa shape index (κ2) is 25.9. The molecule has 0 radical (unpaired) electrons. The molecule has 0 aliphatic carbocycles. The molecule has 0 bridgehead atoms. The smallest absolute Gasteiger partial charge is 0.394 e. The molecule has 38 heavy (non-hydrogen) atoms. The molecule has 0 aliphatic heterocycles. The summed E-state index contributed by atoms with van der Waals surface area (Å²) in [6.07, 6.45) is 22.2. The van der Waals surface area contributed by atoms with Gasteiger partial charge in [0.25, 0.3) is 0 Å². The first-order chi connectivity index (χ1) is 18.3. The summed E-state index contributed by atoms with van der Waals surface area (Å²) in [5.74, 6) is 0.286. The molecular formula is C30H66NO6Si+. The lowest BCUT2D eigenvalue weighted by Gasteiger charge is -2.36. The summed E-state index contributed by atoms with van der Waals surface area (Å²) in [5.41, 5.74) is 0. The van der Waals surface area contributed by atoms with Crippen LogP contribution >= 0.6 is 0 Å². The van der Waals surface area contributed by atoms with Crippen molar-refractivity contribution >= 4 is 8.80 Å². The lowest BCUT2D eigenvalue weighted by atomic mass is 10.0. The van der Waals surface area contributed by atoms with Gasteiger partial charge in [-0.15, -0.1) is 0 Å². The fourth-order valence-corrected chi connectivity index (χ4v) is 8.21. The summed E-state index contributed by atoms with van der Waals surface area (Å²) in [6, 6.07) is 0.605. The Morgan fingerprint density at radius 1 is 0.579 bits per heavy atom. The van der Waals surface area contributed by atoms with Crippen LogP contribution in [0.3, 0.4) is 0 Å². The lowest BCUT2D eigenvalue weighted by molar-refractivity contribution is -0.893. The van der Waals surface area contributed by atoms with Crippen molar-refractivity contribution in [1.29, 1.82) is 0 Å². The monoisotopic (exact) mass is 564 g/mol. The highest BCUT2D eigenvalue weighted by Crippen LogP contribution is 2.24. The van der Waals surface area contributed by atoms with Crippen molar-refractivity contribution < 1.29 is 33.1 Å². The highest BCUT2D eigenvalue weighted by Gasteiger charge is 2.43. The zero-order valence-electron chi connectivity index (χ0n) is 25.8. The molecule has 0 aromatic carbocycles. The summed E-state index contributed by atoms with van der Waals surface area (Å²) >= 11 is 0. The van der Waals surface area contributed by atoms with Crippen molar-refractivity contribution in [2.24, 2.45) is 5.92 Å². The van der Waals surface area contributed by atoms with Crippen LogP contribution in [0.15, 0.2) is 0 Å². The van der Waals surface area contributed by atoms with Gasteiger partial charge in [0.05, 0.1) is 66.8 Å². The average Bonchev–Trinajstić information content (AvgIpc) is 2.88. The standard InChI is InChI=1S/C30H66NO6Si/c1-5-6-7-8-9-10-11-12-13-14-15-16-17-18-19-20-21-31(3,4)28-30(2)29-38(35-25-22-32,36-26-23-33)37-27-24-34/h30,32-34H,5-29H2,1-4H3/q+1. The number of quaternary nitrogens is 1. The topological polar surface area (TPSA) is 88.4 Å². The Labute approximate surface area is 237 Å². The van der Waals surface area contributed by atoms with E-state index in [1.54, 1.807) is 0 Å². The molecule has 1 unspecified atom stereocenters. The number of hydrogen-bond donors (Lipinski definition) is 3. The van der Waals surface area contributed by atoms with E-state index in [2.05, 4.69) is 27.9 Å². The van der Waals surface area contributed by atoms with E-state index >= 15 is 0 Å². The van der Waals surface area contributed by atoms with Gasteiger partial charge >= 0.3 is 8.80 Å². The second-order valence-electron chi connectivity index (χ2n) is 11.9. The Morgan fingerprint density at radius 2 is 0.921 bits per heavy atom. The Morgan fingerprint density at radius 3 is 1.26 bits per heavy atom. The molecule has 0 rings (SSSR count). The largest absolute Gasteiger partial charge is 0.501 e. The molecule has 7 nitrogen and oxygen atoms in total. The molecule has 0 aromatic heterocycles. The molecule has 0 amide bonds. The van der Waals surface area contributed by atoms with Gasteiger partial charge in [-0.1, -0.05) is 104 Å². The van der Waals surface area contributed by atoms with Crippen LogP contribution < -0.4 is 0 Å². The van der Waals surface area contributed by atoms with Gasteiger partial charge in [-0.25, -0.2) is 0 Å². The van der Waals surface area contributed by atoms with Gasteiger partial charge < -0.3 is 33.1 Å². The summed E-state index contributed by atoms with van der Waals surface area (Å²) in [5, 5.41) is 27.8. The third-order valence-corrected chi connectivity index (χ3v) is 10.4. The zero-order valence-corrected chi connectivity index (χ0v) is 26.8. The van der Waals surface area contributed by atoms with Crippen molar-refractivity contribution in [1.82, 2.24) is 0 Å². The van der Waals surface area contributed by atoms with E-state index in [0.717, 1.165) is 17.6 Å². The Hall–Kier alpha value is -0.0631. The molecule has 230 valence electrons. The number of rotatable bonds is 30. The summed E-state index contributed by atoms with van der Waals surface area (Å²) in [6.45, 7) is 6.63. The minimum Gasteiger partial charge on any atom is -0.394 e. The molecule has 0 saturated heterocycles.